The number of benzene rings is 2. The zero-order valence-corrected chi connectivity index (χ0v) is 18.6. The average molecular weight is 511 g/mol. The number of thioether (sulfide) groups is 1. The highest BCUT2D eigenvalue weighted by molar-refractivity contribution is 14.1. The largest absolute Gasteiger partial charge is 0.504 e. The fourth-order valence-electron chi connectivity index (χ4n) is 2.79. The predicted octanol–water partition coefficient (Wildman–Crippen LogP) is 5.36. The summed E-state index contributed by atoms with van der Waals surface area (Å²) in [4.78, 5) is 15.2. The Balaban J connectivity index is 1.91. The second-order valence-electron chi connectivity index (χ2n) is 5.92. The predicted molar refractivity (Wildman–Crippen MR) is 122 cm³/mol. The molecule has 2 aromatic rings. The minimum atomic E-state index is -0.136. The minimum Gasteiger partial charge on any atom is -0.504 e. The van der Waals surface area contributed by atoms with Gasteiger partial charge in [0.2, 0.25) is 0 Å². The van der Waals surface area contributed by atoms with Gasteiger partial charge in [0.25, 0.3) is 5.91 Å². The van der Waals surface area contributed by atoms with Gasteiger partial charge in [-0.1, -0.05) is 54.3 Å². The number of ether oxygens (including phenoxy) is 1. The summed E-state index contributed by atoms with van der Waals surface area (Å²) >= 11 is 8.80. The summed E-state index contributed by atoms with van der Waals surface area (Å²) < 4.78 is 6.68. The van der Waals surface area contributed by atoms with E-state index in [1.54, 1.807) is 17.0 Å². The van der Waals surface area contributed by atoms with Crippen molar-refractivity contribution in [2.24, 2.45) is 0 Å². The van der Waals surface area contributed by atoms with E-state index >= 15 is 0 Å². The van der Waals surface area contributed by atoms with Crippen molar-refractivity contribution in [1.82, 2.24) is 4.90 Å². The van der Waals surface area contributed by atoms with Crippen LogP contribution in [0.2, 0.25) is 0 Å². The molecule has 2 aromatic carbocycles. The van der Waals surface area contributed by atoms with Crippen LogP contribution in [0.3, 0.4) is 0 Å². The van der Waals surface area contributed by atoms with E-state index in [9.17, 15) is 9.90 Å². The Morgan fingerprint density at radius 2 is 2.04 bits per heavy atom. The van der Waals surface area contributed by atoms with Crippen LogP contribution in [0.4, 0.5) is 0 Å². The zero-order chi connectivity index (χ0) is 19.6. The number of rotatable bonds is 5. The summed E-state index contributed by atoms with van der Waals surface area (Å²) in [5.41, 5.74) is 1.82. The molecule has 0 bridgehead atoms. The Labute approximate surface area is 181 Å². The highest BCUT2D eigenvalue weighted by Gasteiger charge is 2.35. The van der Waals surface area contributed by atoms with Crippen molar-refractivity contribution in [3.63, 3.8) is 0 Å². The molecule has 3 rings (SSSR count). The van der Waals surface area contributed by atoms with Gasteiger partial charge in [-0.25, -0.2) is 0 Å². The third kappa shape index (κ3) is 4.30. The molecule has 27 heavy (non-hydrogen) atoms. The third-order valence-corrected chi connectivity index (χ3v) is 6.29. The van der Waals surface area contributed by atoms with Gasteiger partial charge in [0.1, 0.15) is 4.32 Å². The van der Waals surface area contributed by atoms with Gasteiger partial charge in [-0.05, 0) is 65.8 Å². The Morgan fingerprint density at radius 1 is 1.33 bits per heavy atom. The number of phenolic OH excluding ortho intramolecular Hbond substituents is 1. The number of nitrogens with zero attached hydrogens (tertiary/aromatic N) is 1. The average Bonchev–Trinajstić information content (AvgIpc) is 2.93. The summed E-state index contributed by atoms with van der Waals surface area (Å²) in [7, 11) is 0. The smallest absolute Gasteiger partial charge is 0.266 e. The van der Waals surface area contributed by atoms with Crippen LogP contribution in [0.25, 0.3) is 6.08 Å². The number of amides is 1. The molecule has 0 saturated carbocycles. The Morgan fingerprint density at radius 3 is 2.70 bits per heavy atom. The van der Waals surface area contributed by atoms with Crippen molar-refractivity contribution >= 4 is 62.9 Å². The van der Waals surface area contributed by atoms with E-state index in [2.05, 4.69) is 0 Å². The number of phenols is 1. The first-order chi connectivity index (χ1) is 12.9. The molecule has 140 valence electrons. The molecule has 1 aliphatic heterocycles. The number of carbonyl (C=O) groups is 1. The van der Waals surface area contributed by atoms with Gasteiger partial charge in [0.15, 0.2) is 11.5 Å². The summed E-state index contributed by atoms with van der Waals surface area (Å²) in [6.07, 6.45) is 1.79. The Hall–Kier alpha value is -1.58. The van der Waals surface area contributed by atoms with Crippen molar-refractivity contribution in [2.45, 2.75) is 19.9 Å². The first kappa shape index (κ1) is 20.2. The summed E-state index contributed by atoms with van der Waals surface area (Å²) in [5.74, 6) is 0.408. The van der Waals surface area contributed by atoms with E-state index in [4.69, 9.17) is 17.0 Å². The Bertz CT molecular complexity index is 915. The lowest BCUT2D eigenvalue weighted by atomic mass is 10.1. The molecular formula is C20H18INO3S2. The SMILES string of the molecule is CCOc1cc(/C=C2\SC(=S)N([C@H](C)c3ccccc3)C2=O)cc(I)c1O. The van der Waals surface area contributed by atoms with Crippen LogP contribution in [0.1, 0.15) is 31.0 Å². The first-order valence-electron chi connectivity index (χ1n) is 8.39. The third-order valence-electron chi connectivity index (χ3n) is 4.14. The van der Waals surface area contributed by atoms with Crippen LogP contribution in [0.15, 0.2) is 47.4 Å². The molecule has 1 fully saturated rings. The van der Waals surface area contributed by atoms with E-state index < -0.39 is 0 Å². The van der Waals surface area contributed by atoms with E-state index in [-0.39, 0.29) is 17.7 Å². The summed E-state index contributed by atoms with van der Waals surface area (Å²) in [6, 6.07) is 13.2. The monoisotopic (exact) mass is 511 g/mol. The molecular weight excluding hydrogens is 493 g/mol. The molecule has 1 aliphatic rings. The molecule has 0 aliphatic carbocycles. The van der Waals surface area contributed by atoms with Crippen LogP contribution in [0.5, 0.6) is 11.5 Å². The lowest BCUT2D eigenvalue weighted by Gasteiger charge is -2.23. The number of hydrogen-bond donors (Lipinski definition) is 1. The fraction of sp³-hybridized carbons (Fsp3) is 0.200. The van der Waals surface area contributed by atoms with Crippen LogP contribution in [-0.4, -0.2) is 26.8 Å². The van der Waals surface area contributed by atoms with E-state index in [0.29, 0.717) is 25.2 Å². The highest BCUT2D eigenvalue weighted by Crippen LogP contribution is 2.39. The maximum absolute atomic E-state index is 13.0. The molecule has 1 heterocycles. The number of aromatic hydroxyl groups is 1. The van der Waals surface area contributed by atoms with Crippen molar-refractivity contribution < 1.29 is 14.6 Å². The normalized spacial score (nSPS) is 16.9. The maximum atomic E-state index is 13.0. The van der Waals surface area contributed by atoms with Crippen LogP contribution >= 0.6 is 46.6 Å². The van der Waals surface area contributed by atoms with Crippen LogP contribution in [-0.2, 0) is 4.79 Å². The van der Waals surface area contributed by atoms with Gasteiger partial charge in [0.05, 0.1) is 21.1 Å². The number of thiocarbonyl (C=S) groups is 1. The van der Waals surface area contributed by atoms with E-state index in [0.717, 1.165) is 11.1 Å². The summed E-state index contributed by atoms with van der Waals surface area (Å²) in [6.45, 7) is 4.28. The molecule has 0 radical (unpaired) electrons. The van der Waals surface area contributed by atoms with E-state index in [1.807, 2.05) is 72.8 Å². The second kappa shape index (κ2) is 8.62. The second-order valence-corrected chi connectivity index (χ2v) is 8.76. The first-order valence-corrected chi connectivity index (χ1v) is 10.7. The molecule has 1 atom stereocenters. The minimum absolute atomic E-state index is 0.109. The van der Waals surface area contributed by atoms with Gasteiger partial charge in [-0.15, -0.1) is 0 Å². The lowest BCUT2D eigenvalue weighted by molar-refractivity contribution is -0.123. The molecule has 0 unspecified atom stereocenters. The molecule has 1 amide bonds. The fourth-order valence-corrected chi connectivity index (χ4v) is 4.83. The quantitative estimate of drug-likeness (QED) is 0.333. The van der Waals surface area contributed by atoms with Crippen LogP contribution < -0.4 is 4.74 Å². The van der Waals surface area contributed by atoms with Gasteiger partial charge < -0.3 is 9.84 Å². The highest BCUT2D eigenvalue weighted by atomic mass is 127. The molecule has 1 saturated heterocycles. The standard InChI is InChI=1S/C20H18INO3S2/c1-3-25-16-10-13(9-15(21)18(16)23)11-17-19(24)22(20(26)27-17)12(2)14-7-5-4-6-8-14/h4-12,23H,3H2,1-2H3/b17-11-/t12-/m1/s1. The van der Waals surface area contributed by atoms with Crippen molar-refractivity contribution in [3.05, 3.63) is 62.1 Å². The molecule has 4 nitrogen and oxygen atoms in total. The molecule has 1 N–H and O–H groups in total. The summed E-state index contributed by atoms with van der Waals surface area (Å²) in [5, 5.41) is 10.1. The Kier molecular flexibility index (Phi) is 6.44. The number of carbonyl (C=O) groups excluding carboxylic acids is 1. The van der Waals surface area contributed by atoms with Gasteiger partial charge in [0, 0.05) is 0 Å². The molecule has 0 spiro atoms. The van der Waals surface area contributed by atoms with Crippen molar-refractivity contribution in [3.8, 4) is 11.5 Å². The number of halogens is 1. The van der Waals surface area contributed by atoms with Crippen molar-refractivity contribution in [2.75, 3.05) is 6.61 Å². The van der Waals surface area contributed by atoms with Gasteiger partial charge >= 0.3 is 0 Å². The maximum Gasteiger partial charge on any atom is 0.266 e. The van der Waals surface area contributed by atoms with Crippen molar-refractivity contribution in [1.29, 1.82) is 0 Å². The molecule has 7 heteroatoms. The topological polar surface area (TPSA) is 49.8 Å². The van der Waals surface area contributed by atoms with Crippen LogP contribution in [0, 0.1) is 3.57 Å². The van der Waals surface area contributed by atoms with E-state index in [1.165, 1.54) is 11.8 Å². The van der Waals surface area contributed by atoms with Gasteiger partial charge in [-0.3, -0.25) is 9.69 Å². The lowest BCUT2D eigenvalue weighted by Crippen LogP contribution is -2.30. The molecule has 0 aromatic heterocycles. The van der Waals surface area contributed by atoms with Gasteiger partial charge in [-0.2, -0.15) is 0 Å². The number of hydrogen-bond acceptors (Lipinski definition) is 5. The zero-order valence-electron chi connectivity index (χ0n) is 14.8.